The maximum Gasteiger partial charge on any atom is 0.266 e. The minimum Gasteiger partial charge on any atom is -0.377 e. The van der Waals surface area contributed by atoms with Gasteiger partial charge in [0.2, 0.25) is 0 Å². The van der Waals surface area contributed by atoms with E-state index in [2.05, 4.69) is 20.4 Å². The fourth-order valence-corrected chi connectivity index (χ4v) is 5.13. The van der Waals surface area contributed by atoms with Gasteiger partial charge in [0.15, 0.2) is 5.82 Å². The third-order valence-corrected chi connectivity index (χ3v) is 6.79. The molecule has 10 heteroatoms. The molecule has 2 saturated heterocycles. The van der Waals surface area contributed by atoms with Crippen molar-refractivity contribution in [1.29, 1.82) is 0 Å². The normalized spacial score (nSPS) is 20.7. The fourth-order valence-electron chi connectivity index (χ4n) is 5.13. The van der Waals surface area contributed by atoms with E-state index < -0.39 is 23.8 Å². The molecule has 2 aliphatic rings. The summed E-state index contributed by atoms with van der Waals surface area (Å²) in [6.45, 7) is 3.65. The van der Waals surface area contributed by atoms with E-state index in [4.69, 9.17) is 9.72 Å². The van der Waals surface area contributed by atoms with E-state index in [0.717, 1.165) is 35.7 Å². The van der Waals surface area contributed by atoms with Gasteiger partial charge in [-0.2, -0.15) is 0 Å². The molecule has 0 spiro atoms. The molecule has 35 heavy (non-hydrogen) atoms. The van der Waals surface area contributed by atoms with E-state index in [-0.39, 0.29) is 5.56 Å². The van der Waals surface area contributed by atoms with Crippen molar-refractivity contribution in [2.45, 2.75) is 50.9 Å². The third-order valence-electron chi connectivity index (χ3n) is 6.79. The summed E-state index contributed by atoms with van der Waals surface area (Å²) in [5.41, 5.74) is 1.95. The summed E-state index contributed by atoms with van der Waals surface area (Å²) in [5, 5.41) is 12.8. The van der Waals surface area contributed by atoms with Gasteiger partial charge in [0.05, 0.1) is 54.3 Å². The molecule has 7 nitrogen and oxygen atoms in total. The number of fused-ring (bicyclic) bond motifs is 3. The molecule has 2 aliphatic heterocycles. The van der Waals surface area contributed by atoms with E-state index in [1.54, 1.807) is 6.92 Å². The van der Waals surface area contributed by atoms with Gasteiger partial charge in [-0.15, -0.1) is 10.2 Å². The van der Waals surface area contributed by atoms with Crippen LogP contribution in [-0.2, 0) is 11.3 Å². The number of morpholine rings is 1. The van der Waals surface area contributed by atoms with Crippen LogP contribution in [0.2, 0.25) is 0 Å². The van der Waals surface area contributed by atoms with Crippen LogP contribution in [0.4, 0.5) is 24.7 Å². The minimum atomic E-state index is -2.89. The van der Waals surface area contributed by atoms with Gasteiger partial charge in [0.25, 0.3) is 6.43 Å². The monoisotopic (exact) mass is 486 g/mol. The first-order chi connectivity index (χ1) is 16.8. The zero-order chi connectivity index (χ0) is 24.7. The van der Waals surface area contributed by atoms with Crippen LogP contribution in [-0.4, -0.2) is 59.5 Å². The Labute approximate surface area is 202 Å². The zero-order valence-corrected chi connectivity index (χ0v) is 20.0. The van der Waals surface area contributed by atoms with Crippen molar-refractivity contribution in [3.05, 3.63) is 53.1 Å². The van der Waals surface area contributed by atoms with Crippen LogP contribution >= 0.6 is 0 Å². The average molecular weight is 487 g/mol. The van der Waals surface area contributed by atoms with Crippen LogP contribution in [0.1, 0.15) is 49.1 Å². The van der Waals surface area contributed by atoms with Gasteiger partial charge >= 0.3 is 0 Å². The van der Waals surface area contributed by atoms with Gasteiger partial charge in [0, 0.05) is 17.5 Å². The van der Waals surface area contributed by atoms with Crippen LogP contribution in [0.25, 0.3) is 10.9 Å². The highest BCUT2D eigenvalue weighted by molar-refractivity contribution is 5.92. The minimum absolute atomic E-state index is 0.144. The molecule has 1 N–H and O–H groups in total. The predicted molar refractivity (Wildman–Crippen MR) is 128 cm³/mol. The van der Waals surface area contributed by atoms with Crippen LogP contribution in [0.3, 0.4) is 0 Å². The molecule has 2 unspecified atom stereocenters. The Bertz CT molecular complexity index is 1210. The number of hydrogen-bond donors (Lipinski definition) is 1. The van der Waals surface area contributed by atoms with Gasteiger partial charge in [-0.3, -0.25) is 4.98 Å². The molecule has 3 atom stereocenters. The number of pyridine rings is 1. The lowest BCUT2D eigenvalue weighted by Gasteiger charge is -2.36. The van der Waals surface area contributed by atoms with Gasteiger partial charge < -0.3 is 19.9 Å². The maximum absolute atomic E-state index is 14.8. The molecule has 4 heterocycles. The lowest BCUT2D eigenvalue weighted by atomic mass is 10.0. The van der Waals surface area contributed by atoms with Gasteiger partial charge in [-0.1, -0.05) is 18.2 Å². The topological polar surface area (TPSA) is 66.4 Å². The second-order valence-corrected chi connectivity index (χ2v) is 9.57. The summed E-state index contributed by atoms with van der Waals surface area (Å²) in [6, 6.07) is 6.10. The number of anilines is 2. The number of halogens is 3. The van der Waals surface area contributed by atoms with Crippen molar-refractivity contribution >= 4 is 22.4 Å². The molecule has 2 bridgehead atoms. The van der Waals surface area contributed by atoms with Crippen LogP contribution in [0.5, 0.6) is 0 Å². The molecule has 186 valence electrons. The number of aromatic nitrogens is 3. The lowest BCUT2D eigenvalue weighted by molar-refractivity contribution is 0.0906. The van der Waals surface area contributed by atoms with Gasteiger partial charge in [-0.25, -0.2) is 13.2 Å². The Kier molecular flexibility index (Phi) is 6.50. The van der Waals surface area contributed by atoms with Crippen molar-refractivity contribution in [3.8, 4) is 0 Å². The van der Waals surface area contributed by atoms with Crippen molar-refractivity contribution < 1.29 is 17.9 Å². The first kappa shape index (κ1) is 23.7. The predicted octanol–water partition coefficient (Wildman–Crippen LogP) is 4.70. The Morgan fingerprint density at radius 3 is 2.54 bits per heavy atom. The molecular weight excluding hydrogens is 457 g/mol. The Morgan fingerprint density at radius 2 is 1.86 bits per heavy atom. The number of rotatable bonds is 7. The molecule has 0 amide bonds. The SMILES string of the molecule is C[C@@H](Nc1nnc(CN(C)C)c2ncc(N3C4CCC3COC4)cc12)c1cccc(C(F)F)c1F. The fraction of sp³-hybridized carbons (Fsp3) is 0.480. The average Bonchev–Trinajstić information content (AvgIpc) is 3.07. The quantitative estimate of drug-likeness (QED) is 0.519. The second-order valence-electron chi connectivity index (χ2n) is 9.57. The molecule has 3 aromatic rings. The van der Waals surface area contributed by atoms with Crippen molar-refractivity contribution in [2.75, 3.05) is 37.5 Å². The second kappa shape index (κ2) is 9.58. The van der Waals surface area contributed by atoms with Gasteiger partial charge in [-0.05, 0) is 39.9 Å². The Balaban J connectivity index is 1.55. The molecule has 2 aromatic heterocycles. The summed E-state index contributed by atoms with van der Waals surface area (Å²) >= 11 is 0. The van der Waals surface area contributed by atoms with E-state index in [9.17, 15) is 13.2 Å². The number of benzene rings is 1. The summed E-state index contributed by atoms with van der Waals surface area (Å²) in [4.78, 5) is 9.14. The molecule has 0 radical (unpaired) electrons. The molecule has 1 aromatic carbocycles. The van der Waals surface area contributed by atoms with Gasteiger partial charge in [0.1, 0.15) is 11.5 Å². The highest BCUT2D eigenvalue weighted by Crippen LogP contribution is 2.37. The van der Waals surface area contributed by atoms with E-state index in [0.29, 0.717) is 43.2 Å². The summed E-state index contributed by atoms with van der Waals surface area (Å²) in [5.74, 6) is -0.473. The molecule has 0 saturated carbocycles. The van der Waals surface area contributed by atoms with Crippen LogP contribution in [0.15, 0.2) is 30.5 Å². The standard InChI is InChI=1S/C25H29F3N6O/c1-14(18-5-4-6-19(22(18)26)24(27)28)30-25-20-9-17(34-15-7-8-16(34)13-35-12-15)10-29-23(20)21(31-32-25)11-33(2)3/h4-6,9-10,14-16,24H,7-8,11-13H2,1-3H3,(H,30,32)/t14-,15?,16?/m1/s1. The largest absolute Gasteiger partial charge is 0.377 e. The zero-order valence-electron chi connectivity index (χ0n) is 20.0. The Hall–Kier alpha value is -2.98. The van der Waals surface area contributed by atoms with E-state index in [1.807, 2.05) is 31.3 Å². The molecule has 0 aliphatic carbocycles. The number of alkyl halides is 2. The summed E-state index contributed by atoms with van der Waals surface area (Å²) in [6.07, 6.45) is 1.14. The number of hydrogen-bond acceptors (Lipinski definition) is 7. The summed E-state index contributed by atoms with van der Waals surface area (Å²) in [7, 11) is 3.89. The van der Waals surface area contributed by atoms with Crippen molar-refractivity contribution in [2.24, 2.45) is 0 Å². The highest BCUT2D eigenvalue weighted by Gasteiger charge is 2.37. The van der Waals surface area contributed by atoms with E-state index >= 15 is 0 Å². The van der Waals surface area contributed by atoms with Crippen LogP contribution in [0, 0.1) is 5.82 Å². The van der Waals surface area contributed by atoms with Crippen LogP contribution < -0.4 is 10.2 Å². The Morgan fingerprint density at radius 1 is 1.14 bits per heavy atom. The maximum atomic E-state index is 14.8. The number of nitrogens with one attached hydrogen (secondary N) is 1. The highest BCUT2D eigenvalue weighted by atomic mass is 19.3. The summed E-state index contributed by atoms with van der Waals surface area (Å²) < 4.78 is 47.0. The van der Waals surface area contributed by atoms with E-state index in [1.165, 1.54) is 12.1 Å². The molecule has 2 fully saturated rings. The third kappa shape index (κ3) is 4.52. The smallest absolute Gasteiger partial charge is 0.266 e. The number of nitrogens with zero attached hydrogens (tertiary/aromatic N) is 5. The van der Waals surface area contributed by atoms with Crippen molar-refractivity contribution in [3.63, 3.8) is 0 Å². The molecular formula is C25H29F3N6O. The number of ether oxygens (including phenoxy) is 1. The first-order valence-corrected chi connectivity index (χ1v) is 11.8. The van der Waals surface area contributed by atoms with Crippen molar-refractivity contribution in [1.82, 2.24) is 20.1 Å². The first-order valence-electron chi connectivity index (χ1n) is 11.8. The molecule has 5 rings (SSSR count). The lowest BCUT2D eigenvalue weighted by Crippen LogP contribution is -2.46.